The predicted molar refractivity (Wildman–Crippen MR) is 261 cm³/mol. The minimum atomic E-state index is -0.455. The Balaban J connectivity index is 1.04. The van der Waals surface area contributed by atoms with E-state index in [4.69, 9.17) is 47.4 Å². The Morgan fingerprint density at radius 1 is 0.681 bits per heavy atom. The van der Waals surface area contributed by atoms with Gasteiger partial charge in [0.2, 0.25) is 0 Å². The summed E-state index contributed by atoms with van der Waals surface area (Å²) in [6.45, 7) is 19.1. The lowest BCUT2D eigenvalue weighted by Crippen LogP contribution is -2.43. The third-order valence-electron chi connectivity index (χ3n) is 13.3. The number of aromatic hydroxyl groups is 2. The third-order valence-corrected chi connectivity index (χ3v) is 13.3. The van der Waals surface area contributed by atoms with Crippen molar-refractivity contribution in [2.24, 2.45) is 0 Å². The number of morpholine rings is 1. The molecule has 2 atom stereocenters. The molecule has 3 aliphatic rings. The van der Waals surface area contributed by atoms with Crippen LogP contribution in [0.5, 0.6) is 23.0 Å². The van der Waals surface area contributed by atoms with Gasteiger partial charge in [-0.2, -0.15) is 0 Å². The van der Waals surface area contributed by atoms with Crippen LogP contribution >= 0.6 is 0 Å². The van der Waals surface area contributed by atoms with E-state index in [0.29, 0.717) is 116 Å². The van der Waals surface area contributed by atoms with E-state index in [-0.39, 0.29) is 49.5 Å². The standard InChI is InChI=1S/C53H80N2O14/c1-9-54(20-25-60-6)28-40(68-48(56)18-14-36(2)12-16-42-50(58)46-34-66-32-44(46)38(4)52(42)61-7)30-64-23-10-11-24-65-31-41(29-55-21-26-63-27-22-55)69-49(57)19-15-37(3)13-17-43-51(59)47-35-67-33-45(47)39(5)53(43)62-8/h12-13,40-41,58-59H,9-11,14-35H2,1-8H3/b36-12+,37-13+. The number of hydrogen-bond donors (Lipinski definition) is 2. The van der Waals surface area contributed by atoms with Gasteiger partial charge in [0.05, 0.1) is 73.7 Å². The number of hydrogen-bond acceptors (Lipinski definition) is 16. The lowest BCUT2D eigenvalue weighted by Gasteiger charge is -2.30. The fourth-order valence-electron chi connectivity index (χ4n) is 9.08. The number of methoxy groups -OCH3 is 3. The Hall–Kier alpha value is -4.26. The number of fused-ring (bicyclic) bond motifs is 2. The number of unbranched alkanes of at least 4 members (excludes halogenated alkanes) is 1. The Bertz CT molecular complexity index is 2030. The molecular weight excluding hydrogens is 889 g/mol. The Morgan fingerprint density at radius 3 is 1.64 bits per heavy atom. The highest BCUT2D eigenvalue weighted by Crippen LogP contribution is 2.43. The number of allylic oxidation sites excluding steroid dienone is 4. The molecule has 2 aromatic carbocycles. The number of esters is 2. The van der Waals surface area contributed by atoms with Gasteiger partial charge in [0.15, 0.2) is 0 Å². The van der Waals surface area contributed by atoms with Crippen molar-refractivity contribution in [1.82, 2.24) is 9.80 Å². The van der Waals surface area contributed by atoms with Crippen LogP contribution in [0.1, 0.15) is 104 Å². The molecule has 16 heteroatoms. The molecule has 0 bridgehead atoms. The molecule has 0 aromatic heterocycles. The van der Waals surface area contributed by atoms with E-state index in [9.17, 15) is 19.8 Å². The zero-order valence-electron chi connectivity index (χ0n) is 42.7. The molecule has 16 nitrogen and oxygen atoms in total. The van der Waals surface area contributed by atoms with E-state index in [0.717, 1.165) is 88.1 Å². The monoisotopic (exact) mass is 969 g/mol. The summed E-state index contributed by atoms with van der Waals surface area (Å²) in [6, 6.07) is 0. The van der Waals surface area contributed by atoms with Crippen LogP contribution in [0.2, 0.25) is 0 Å². The molecule has 0 spiro atoms. The fourth-order valence-corrected chi connectivity index (χ4v) is 9.08. The zero-order valence-corrected chi connectivity index (χ0v) is 42.7. The summed E-state index contributed by atoms with van der Waals surface area (Å²) in [5.41, 5.74) is 9.06. The van der Waals surface area contributed by atoms with Gasteiger partial charge in [0.1, 0.15) is 35.2 Å². The van der Waals surface area contributed by atoms with Crippen LogP contribution in [0.4, 0.5) is 0 Å². The van der Waals surface area contributed by atoms with Crippen LogP contribution in [0, 0.1) is 13.8 Å². The van der Waals surface area contributed by atoms with Crippen molar-refractivity contribution in [2.45, 2.75) is 125 Å². The van der Waals surface area contributed by atoms with Crippen molar-refractivity contribution in [2.75, 3.05) is 107 Å². The molecule has 0 amide bonds. The number of ether oxygens (including phenoxy) is 10. The van der Waals surface area contributed by atoms with Gasteiger partial charge in [-0.25, -0.2) is 0 Å². The first-order valence-electron chi connectivity index (χ1n) is 24.7. The molecule has 0 saturated carbocycles. The predicted octanol–water partition coefficient (Wildman–Crippen LogP) is 6.97. The maximum Gasteiger partial charge on any atom is 0.306 e. The number of nitrogens with zero attached hydrogens (tertiary/aromatic N) is 2. The number of rotatable bonds is 31. The lowest BCUT2D eigenvalue weighted by atomic mass is 9.95. The van der Waals surface area contributed by atoms with Gasteiger partial charge in [-0.15, -0.1) is 0 Å². The maximum atomic E-state index is 13.2. The number of likely N-dealkylation sites (N-methyl/N-ethyl adjacent to an activating group) is 1. The molecule has 0 radical (unpaired) electrons. The summed E-state index contributed by atoms with van der Waals surface area (Å²) < 4.78 is 57.6. The van der Waals surface area contributed by atoms with Crippen molar-refractivity contribution in [3.8, 4) is 23.0 Å². The van der Waals surface area contributed by atoms with Crippen LogP contribution in [0.25, 0.3) is 0 Å². The minimum absolute atomic E-state index is 0.216. The fraction of sp³-hybridized carbons (Fsp3) is 0.660. The number of carbonyl (C=O) groups is 2. The van der Waals surface area contributed by atoms with Gasteiger partial charge in [0.25, 0.3) is 0 Å². The van der Waals surface area contributed by atoms with Crippen LogP contribution in [-0.4, -0.2) is 151 Å². The van der Waals surface area contributed by atoms with E-state index in [1.807, 2.05) is 39.8 Å². The molecule has 3 heterocycles. The largest absolute Gasteiger partial charge is 0.507 e. The smallest absolute Gasteiger partial charge is 0.306 e. The number of benzene rings is 2. The van der Waals surface area contributed by atoms with Crippen molar-refractivity contribution in [1.29, 1.82) is 0 Å². The molecule has 2 unspecified atom stereocenters. The van der Waals surface area contributed by atoms with E-state index in [1.54, 1.807) is 21.3 Å². The summed E-state index contributed by atoms with van der Waals surface area (Å²) in [6.07, 6.45) is 7.09. The van der Waals surface area contributed by atoms with Gasteiger partial charge in [0, 0.05) is 88.1 Å². The molecule has 0 aliphatic carbocycles. The summed E-state index contributed by atoms with van der Waals surface area (Å²) in [5.74, 6) is 1.20. The first-order chi connectivity index (χ1) is 33.4. The average molecular weight is 969 g/mol. The Kier molecular flexibility index (Phi) is 23.5. The number of phenols is 2. The molecule has 1 fully saturated rings. The van der Waals surface area contributed by atoms with Gasteiger partial charge in [-0.05, 0) is 95.0 Å². The second-order valence-corrected chi connectivity index (χ2v) is 18.3. The van der Waals surface area contributed by atoms with Crippen LogP contribution in [0.15, 0.2) is 23.3 Å². The van der Waals surface area contributed by atoms with E-state index in [1.165, 1.54) is 0 Å². The third kappa shape index (κ3) is 16.7. The summed E-state index contributed by atoms with van der Waals surface area (Å²) >= 11 is 0. The van der Waals surface area contributed by atoms with Crippen LogP contribution in [0.3, 0.4) is 0 Å². The van der Waals surface area contributed by atoms with Gasteiger partial charge >= 0.3 is 11.9 Å². The molecule has 1 saturated heterocycles. The topological polar surface area (TPSA) is 173 Å². The summed E-state index contributed by atoms with van der Waals surface area (Å²) in [5, 5.41) is 22.1. The summed E-state index contributed by atoms with van der Waals surface area (Å²) in [4.78, 5) is 30.8. The highest BCUT2D eigenvalue weighted by Gasteiger charge is 2.28. The van der Waals surface area contributed by atoms with Crippen molar-refractivity contribution in [3.05, 3.63) is 67.8 Å². The lowest BCUT2D eigenvalue weighted by molar-refractivity contribution is -0.155. The molecule has 3 aliphatic heterocycles. The quantitative estimate of drug-likeness (QED) is 0.0450. The molecule has 386 valence electrons. The van der Waals surface area contributed by atoms with E-state index >= 15 is 0 Å². The Labute approximate surface area is 410 Å². The van der Waals surface area contributed by atoms with Crippen molar-refractivity contribution >= 4 is 11.9 Å². The zero-order chi connectivity index (χ0) is 49.7. The normalized spacial score (nSPS) is 16.1. The van der Waals surface area contributed by atoms with Gasteiger partial charge < -0.3 is 57.6 Å². The van der Waals surface area contributed by atoms with Crippen LogP contribution in [-0.2, 0) is 86.8 Å². The first kappa shape index (κ1) is 55.7. The van der Waals surface area contributed by atoms with Crippen LogP contribution < -0.4 is 9.47 Å². The van der Waals surface area contributed by atoms with E-state index in [2.05, 4.69) is 16.7 Å². The molecule has 2 N–H and O–H groups in total. The highest BCUT2D eigenvalue weighted by molar-refractivity contribution is 5.70. The molecule has 2 aromatic rings. The highest BCUT2D eigenvalue weighted by atomic mass is 16.6. The first-order valence-corrected chi connectivity index (χ1v) is 24.7. The number of phenolic OH excluding ortho intramolecular Hbond substituents is 2. The van der Waals surface area contributed by atoms with Crippen molar-refractivity contribution in [3.63, 3.8) is 0 Å². The Morgan fingerprint density at radius 2 is 1.16 bits per heavy atom. The summed E-state index contributed by atoms with van der Waals surface area (Å²) in [7, 11) is 4.90. The minimum Gasteiger partial charge on any atom is -0.507 e. The maximum absolute atomic E-state index is 13.2. The SMILES string of the molecule is CCN(CCOC)CC(COCCCCOCC(CN1CCOCC1)OC(=O)CC/C(C)=C/Cc1c(O)c2c(c(C)c1OC)COC2)OC(=O)CC/C(C)=C/Cc1c(O)c2c(c(C)c1OC)COC2. The second kappa shape index (κ2) is 29.2. The second-order valence-electron chi connectivity index (χ2n) is 18.3. The van der Waals surface area contributed by atoms with Gasteiger partial charge in [-0.3, -0.25) is 19.4 Å². The number of carbonyl (C=O) groups excluding carboxylic acids is 2. The van der Waals surface area contributed by atoms with Gasteiger partial charge in [-0.1, -0.05) is 30.2 Å². The molecular formula is C53H80N2O14. The molecule has 69 heavy (non-hydrogen) atoms. The van der Waals surface area contributed by atoms with E-state index < -0.39 is 12.2 Å². The average Bonchev–Trinajstić information content (AvgIpc) is 4.06. The van der Waals surface area contributed by atoms with Crippen molar-refractivity contribution < 1.29 is 67.2 Å². The molecule has 5 rings (SSSR count).